The quantitative estimate of drug-likeness (QED) is 0.820. The van der Waals surface area contributed by atoms with Crippen molar-refractivity contribution in [2.24, 2.45) is 12.8 Å². The molecule has 1 aromatic heterocycles. The van der Waals surface area contributed by atoms with E-state index >= 15 is 0 Å². The first-order valence-electron chi connectivity index (χ1n) is 5.78. The number of aryl methyl sites for hydroxylation is 2. The Morgan fingerprint density at radius 2 is 2.11 bits per heavy atom. The van der Waals surface area contributed by atoms with Gasteiger partial charge in [0.2, 0.25) is 0 Å². The van der Waals surface area contributed by atoms with E-state index in [-0.39, 0.29) is 12.6 Å². The Balaban J connectivity index is 2.37. The van der Waals surface area contributed by atoms with Gasteiger partial charge in [-0.15, -0.1) is 0 Å². The zero-order chi connectivity index (χ0) is 14.6. The van der Waals surface area contributed by atoms with Crippen molar-refractivity contribution >= 4 is 11.6 Å². The molecule has 1 atom stereocenters. The highest BCUT2D eigenvalue weighted by atomic mass is 35.5. The van der Waals surface area contributed by atoms with Crippen molar-refractivity contribution in [1.29, 1.82) is 0 Å². The average molecular weight is 300 g/mol. The summed E-state index contributed by atoms with van der Waals surface area (Å²) in [6, 6.07) is -0.311. The predicted molar refractivity (Wildman–Crippen MR) is 66.1 cm³/mol. The third-order valence-electron chi connectivity index (χ3n) is 2.63. The van der Waals surface area contributed by atoms with Crippen molar-refractivity contribution in [3.05, 3.63) is 16.4 Å². The minimum absolute atomic E-state index is 0.0302. The van der Waals surface area contributed by atoms with Crippen molar-refractivity contribution in [3.63, 3.8) is 0 Å². The molecule has 1 rings (SSSR count). The maximum absolute atomic E-state index is 11.9. The van der Waals surface area contributed by atoms with Gasteiger partial charge in [0, 0.05) is 25.3 Å². The fourth-order valence-electron chi connectivity index (χ4n) is 1.69. The number of hydrogen-bond acceptors (Lipinski definition) is 3. The van der Waals surface area contributed by atoms with Crippen molar-refractivity contribution in [3.8, 4) is 0 Å². The van der Waals surface area contributed by atoms with Crippen LogP contribution in [0.5, 0.6) is 0 Å². The summed E-state index contributed by atoms with van der Waals surface area (Å²) in [7, 11) is 1.72. The average Bonchev–Trinajstić information content (AvgIpc) is 2.50. The number of rotatable bonds is 6. The van der Waals surface area contributed by atoms with Crippen LogP contribution in [0.3, 0.4) is 0 Å². The molecule has 0 amide bonds. The highest BCUT2D eigenvalue weighted by molar-refractivity contribution is 6.30. The van der Waals surface area contributed by atoms with E-state index < -0.39 is 12.8 Å². The van der Waals surface area contributed by atoms with Crippen LogP contribution in [-0.2, 0) is 18.2 Å². The molecule has 19 heavy (non-hydrogen) atoms. The van der Waals surface area contributed by atoms with E-state index in [4.69, 9.17) is 17.3 Å². The third kappa shape index (κ3) is 5.38. The van der Waals surface area contributed by atoms with Gasteiger partial charge in [0.15, 0.2) is 0 Å². The summed E-state index contributed by atoms with van der Waals surface area (Å²) in [5.74, 6) is 0. The van der Waals surface area contributed by atoms with Crippen molar-refractivity contribution < 1.29 is 17.9 Å². The fraction of sp³-hybridized carbons (Fsp3) is 0.727. The minimum atomic E-state index is -4.30. The minimum Gasteiger partial charge on any atom is -0.372 e. The van der Waals surface area contributed by atoms with Gasteiger partial charge < -0.3 is 10.5 Å². The monoisotopic (exact) mass is 299 g/mol. The van der Waals surface area contributed by atoms with Gasteiger partial charge in [0.25, 0.3) is 0 Å². The Hall–Kier alpha value is -0.790. The second-order valence-corrected chi connectivity index (χ2v) is 4.76. The second-order valence-electron chi connectivity index (χ2n) is 4.40. The van der Waals surface area contributed by atoms with E-state index in [1.165, 1.54) is 0 Å². The van der Waals surface area contributed by atoms with Crippen LogP contribution in [0.2, 0.25) is 5.15 Å². The van der Waals surface area contributed by atoms with Gasteiger partial charge in [-0.25, -0.2) is 0 Å². The van der Waals surface area contributed by atoms with Crippen LogP contribution in [0.15, 0.2) is 0 Å². The summed E-state index contributed by atoms with van der Waals surface area (Å²) in [4.78, 5) is 0. The van der Waals surface area contributed by atoms with Gasteiger partial charge in [-0.1, -0.05) is 11.6 Å². The molecule has 4 nitrogen and oxygen atoms in total. The zero-order valence-electron chi connectivity index (χ0n) is 10.8. The number of nitrogens with zero attached hydrogens (tertiary/aromatic N) is 2. The van der Waals surface area contributed by atoms with Crippen molar-refractivity contribution in [2.45, 2.75) is 32.0 Å². The van der Waals surface area contributed by atoms with Crippen LogP contribution in [0.4, 0.5) is 13.2 Å². The van der Waals surface area contributed by atoms with E-state index in [0.717, 1.165) is 11.3 Å². The Labute approximate surface area is 114 Å². The largest absolute Gasteiger partial charge is 0.411 e. The molecule has 0 spiro atoms. The molecule has 1 aromatic rings. The summed E-state index contributed by atoms with van der Waals surface area (Å²) in [5, 5.41) is 4.65. The zero-order valence-corrected chi connectivity index (χ0v) is 11.6. The summed E-state index contributed by atoms with van der Waals surface area (Å²) < 4.78 is 41.6. The summed E-state index contributed by atoms with van der Waals surface area (Å²) in [6.45, 7) is 0.540. The van der Waals surface area contributed by atoms with E-state index in [0.29, 0.717) is 18.0 Å². The van der Waals surface area contributed by atoms with Gasteiger partial charge in [-0.3, -0.25) is 4.68 Å². The molecule has 0 aliphatic rings. The third-order valence-corrected chi connectivity index (χ3v) is 3.11. The number of nitrogens with two attached hydrogens (primary N) is 1. The SMILES string of the molecule is Cc1nn(C)c(Cl)c1CC(N)CCOCC(F)(F)F. The molecule has 0 fully saturated rings. The van der Waals surface area contributed by atoms with Gasteiger partial charge in [-0.2, -0.15) is 18.3 Å². The molecule has 1 heterocycles. The molecule has 0 radical (unpaired) electrons. The number of halogens is 4. The second kappa shape index (κ2) is 6.58. The molecule has 0 saturated heterocycles. The van der Waals surface area contributed by atoms with Crippen LogP contribution in [0.25, 0.3) is 0 Å². The number of hydrogen-bond donors (Lipinski definition) is 1. The van der Waals surface area contributed by atoms with Gasteiger partial charge in [0.1, 0.15) is 11.8 Å². The first kappa shape index (κ1) is 16.3. The molecule has 0 bridgehead atoms. The standard InChI is InChI=1S/C11H17ClF3N3O/c1-7-9(10(12)18(2)17-7)5-8(16)3-4-19-6-11(13,14)15/h8H,3-6,16H2,1-2H3. The van der Waals surface area contributed by atoms with Crippen molar-refractivity contribution in [2.75, 3.05) is 13.2 Å². The van der Waals surface area contributed by atoms with Crippen LogP contribution in [-0.4, -0.2) is 35.2 Å². The molecular weight excluding hydrogens is 283 g/mol. The molecule has 0 saturated carbocycles. The predicted octanol–water partition coefficient (Wildman–Crippen LogP) is 2.22. The summed E-state index contributed by atoms with van der Waals surface area (Å²) in [5.41, 5.74) is 7.45. The van der Waals surface area contributed by atoms with Crippen LogP contribution in [0, 0.1) is 6.92 Å². The summed E-state index contributed by atoms with van der Waals surface area (Å²) >= 11 is 6.04. The molecule has 0 aliphatic heterocycles. The lowest BCUT2D eigenvalue weighted by Gasteiger charge is -2.12. The number of ether oxygens (including phenoxy) is 1. The normalized spacial score (nSPS) is 13.8. The Morgan fingerprint density at radius 3 is 2.58 bits per heavy atom. The van der Waals surface area contributed by atoms with Gasteiger partial charge in [-0.05, 0) is 19.8 Å². The molecule has 1 unspecified atom stereocenters. The smallest absolute Gasteiger partial charge is 0.372 e. The highest BCUT2D eigenvalue weighted by Gasteiger charge is 2.27. The Kier molecular flexibility index (Phi) is 5.64. The van der Waals surface area contributed by atoms with Crippen LogP contribution < -0.4 is 5.73 Å². The first-order valence-corrected chi connectivity index (χ1v) is 6.16. The molecule has 0 aromatic carbocycles. The Morgan fingerprint density at radius 1 is 1.47 bits per heavy atom. The molecule has 110 valence electrons. The summed E-state index contributed by atoms with van der Waals surface area (Å²) in [6.07, 6.45) is -3.50. The lowest BCUT2D eigenvalue weighted by atomic mass is 10.1. The van der Waals surface area contributed by atoms with E-state index in [1.807, 2.05) is 6.92 Å². The maximum Gasteiger partial charge on any atom is 0.411 e. The van der Waals surface area contributed by atoms with Crippen molar-refractivity contribution in [1.82, 2.24) is 9.78 Å². The topological polar surface area (TPSA) is 53.1 Å². The Bertz CT molecular complexity index is 420. The molecule has 8 heteroatoms. The van der Waals surface area contributed by atoms with Crippen LogP contribution >= 0.6 is 11.6 Å². The van der Waals surface area contributed by atoms with Gasteiger partial charge >= 0.3 is 6.18 Å². The fourth-order valence-corrected chi connectivity index (χ4v) is 1.94. The van der Waals surface area contributed by atoms with E-state index in [1.54, 1.807) is 11.7 Å². The lowest BCUT2D eigenvalue weighted by Crippen LogP contribution is -2.26. The van der Waals surface area contributed by atoms with Gasteiger partial charge in [0.05, 0.1) is 5.69 Å². The molecule has 0 aliphatic carbocycles. The maximum atomic E-state index is 11.9. The number of alkyl halides is 3. The number of aromatic nitrogens is 2. The van der Waals surface area contributed by atoms with Crippen LogP contribution in [0.1, 0.15) is 17.7 Å². The van der Waals surface area contributed by atoms with E-state index in [2.05, 4.69) is 9.84 Å². The molecule has 2 N–H and O–H groups in total. The molecular formula is C11H17ClF3N3O. The lowest BCUT2D eigenvalue weighted by molar-refractivity contribution is -0.174. The highest BCUT2D eigenvalue weighted by Crippen LogP contribution is 2.20. The first-order chi connectivity index (χ1) is 8.70. The van der Waals surface area contributed by atoms with E-state index in [9.17, 15) is 13.2 Å².